The molecule has 3 fully saturated rings. The Bertz CT molecular complexity index is 1800. The fourth-order valence-electron chi connectivity index (χ4n) is 5.55. The van der Waals surface area contributed by atoms with E-state index in [9.17, 15) is 29.1 Å². The first kappa shape index (κ1) is 30.5. The molecule has 0 aliphatic carbocycles. The number of nitrogens with two attached hydrogens (primary N) is 2. The molecule has 0 aromatic carbocycles. The minimum atomic E-state index is -5.05. The molecule has 0 radical (unpaired) electrons. The predicted octanol–water partition coefficient (Wildman–Crippen LogP) is -0.755. The fourth-order valence-corrected chi connectivity index (χ4v) is 7.44. The van der Waals surface area contributed by atoms with E-state index in [0.29, 0.717) is 11.3 Å². The van der Waals surface area contributed by atoms with Crippen molar-refractivity contribution < 1.29 is 56.7 Å². The van der Waals surface area contributed by atoms with Gasteiger partial charge in [-0.1, -0.05) is 6.58 Å². The van der Waals surface area contributed by atoms with Gasteiger partial charge < -0.3 is 40.9 Å². The minimum absolute atomic E-state index is 0.0364. The molecule has 4 aliphatic rings. The highest BCUT2D eigenvalue weighted by Crippen LogP contribution is 2.54. The van der Waals surface area contributed by atoms with Crippen molar-refractivity contribution in [2.24, 2.45) is 10.7 Å². The molecule has 7 heterocycles. The number of nitrogens with zero attached hydrogens (tertiary/aromatic N) is 7. The number of hydrogen-bond donors (Lipinski definition) is 6. The van der Waals surface area contributed by atoms with Gasteiger partial charge in [-0.15, -0.1) is 0 Å². The van der Waals surface area contributed by atoms with E-state index in [2.05, 4.69) is 31.5 Å². The summed E-state index contributed by atoms with van der Waals surface area (Å²) in [5, 5.41) is 22.2. The molecule has 10 unspecified atom stereocenters. The molecule has 21 nitrogen and oxygen atoms in total. The lowest BCUT2D eigenvalue weighted by Gasteiger charge is -2.25. The number of amidine groups is 1. The van der Waals surface area contributed by atoms with E-state index in [1.165, 1.54) is 21.8 Å². The van der Waals surface area contributed by atoms with Crippen LogP contribution in [0.2, 0.25) is 0 Å². The first-order chi connectivity index (χ1) is 21.3. The van der Waals surface area contributed by atoms with Gasteiger partial charge in [0.05, 0.1) is 25.9 Å². The number of rotatable bonds is 2. The first-order valence-corrected chi connectivity index (χ1v) is 16.3. The number of imidazole rings is 2. The van der Waals surface area contributed by atoms with Crippen molar-refractivity contribution in [2.45, 2.75) is 55.5 Å². The molecule has 3 aromatic heterocycles. The zero-order chi connectivity index (χ0) is 31.8. The molecule has 0 saturated carbocycles. The lowest BCUT2D eigenvalue weighted by molar-refractivity contribution is -0.0674. The number of aliphatic imine (C=N–C) groups is 1. The Hall–Kier alpha value is -3.17. The van der Waals surface area contributed by atoms with Crippen LogP contribution in [-0.4, -0.2) is 105 Å². The van der Waals surface area contributed by atoms with Gasteiger partial charge in [-0.2, -0.15) is 0 Å². The van der Waals surface area contributed by atoms with Gasteiger partial charge in [0.1, 0.15) is 60.0 Å². The minimum Gasteiger partial charge on any atom is -0.387 e. The summed E-state index contributed by atoms with van der Waals surface area (Å²) in [5.41, 5.74) is 13.0. The average molecular weight is 671 g/mol. The summed E-state index contributed by atoms with van der Waals surface area (Å²) < 4.78 is 61.7. The topological polar surface area (TPSA) is 296 Å². The highest BCUT2D eigenvalue weighted by Gasteiger charge is 2.54. The van der Waals surface area contributed by atoms with Crippen LogP contribution in [0.15, 0.2) is 30.6 Å². The number of anilines is 1. The van der Waals surface area contributed by atoms with Crippen molar-refractivity contribution in [1.82, 2.24) is 29.1 Å². The van der Waals surface area contributed by atoms with E-state index in [-0.39, 0.29) is 35.1 Å². The van der Waals surface area contributed by atoms with Gasteiger partial charge in [0, 0.05) is 6.42 Å². The number of phosphoric acid groups is 2. The standard InChI is InChI=1S/C22H27N9O12P2/c1-8-2-11(23)29-20-12(8)27-6-31(20)21-15(33)16-10(41-21)4-39-45(36,37)43-17-14(32)9(3-38-44(34,35)42-16)40-22(17)30-7-28-13-18(24)25-5-26-19(13)30/h5-7,9-10,14-17,21-22,32-33H,1-4H2,(H2,23,29)(H,34,35)(H,36,37)(H2,24,25,26). The van der Waals surface area contributed by atoms with E-state index < -0.39 is 77.9 Å². The number of hydrogen-bond acceptors (Lipinski definition) is 17. The smallest absolute Gasteiger partial charge is 0.387 e. The van der Waals surface area contributed by atoms with E-state index in [0.717, 1.165) is 6.33 Å². The van der Waals surface area contributed by atoms with Crippen LogP contribution in [0.3, 0.4) is 0 Å². The Morgan fingerprint density at radius 2 is 1.53 bits per heavy atom. The van der Waals surface area contributed by atoms with E-state index in [1.807, 2.05) is 0 Å². The van der Waals surface area contributed by atoms with Crippen LogP contribution in [0.4, 0.5) is 11.6 Å². The molecule has 3 aromatic rings. The molecule has 8 N–H and O–H groups in total. The van der Waals surface area contributed by atoms with Crippen LogP contribution in [0.1, 0.15) is 24.6 Å². The van der Waals surface area contributed by atoms with Gasteiger partial charge >= 0.3 is 15.6 Å². The van der Waals surface area contributed by atoms with Crippen LogP contribution in [-0.2, 0) is 36.7 Å². The summed E-state index contributed by atoms with van der Waals surface area (Å²) in [7, 11) is -10.1. The van der Waals surface area contributed by atoms with Crippen LogP contribution in [0, 0.1) is 0 Å². The van der Waals surface area contributed by atoms with E-state index in [4.69, 9.17) is 39.0 Å². The maximum Gasteiger partial charge on any atom is 0.472 e. The highest BCUT2D eigenvalue weighted by atomic mass is 31.2. The van der Waals surface area contributed by atoms with Crippen molar-refractivity contribution in [2.75, 3.05) is 18.9 Å². The number of aliphatic hydroxyl groups excluding tert-OH is 2. The maximum atomic E-state index is 13.2. The van der Waals surface area contributed by atoms with Crippen LogP contribution in [0.5, 0.6) is 0 Å². The second kappa shape index (κ2) is 11.0. The van der Waals surface area contributed by atoms with Gasteiger partial charge in [0.25, 0.3) is 0 Å². The molecule has 2 bridgehead atoms. The van der Waals surface area contributed by atoms with Gasteiger partial charge in [-0.05, 0) is 5.57 Å². The first-order valence-electron chi connectivity index (χ1n) is 13.3. The Morgan fingerprint density at radius 3 is 2.29 bits per heavy atom. The van der Waals surface area contributed by atoms with Gasteiger partial charge in [-0.25, -0.2) is 34.1 Å². The molecular formula is C22H27N9O12P2. The monoisotopic (exact) mass is 671 g/mol. The Balaban J connectivity index is 1.19. The molecule has 7 rings (SSSR count). The molecule has 10 atom stereocenters. The number of aromatic nitrogens is 6. The molecule has 0 spiro atoms. The van der Waals surface area contributed by atoms with Crippen molar-refractivity contribution in [1.29, 1.82) is 0 Å². The third kappa shape index (κ3) is 5.39. The highest BCUT2D eigenvalue weighted by molar-refractivity contribution is 7.47. The van der Waals surface area contributed by atoms with Crippen LogP contribution < -0.4 is 11.5 Å². The second-order valence-corrected chi connectivity index (χ2v) is 13.4. The summed E-state index contributed by atoms with van der Waals surface area (Å²) in [6, 6.07) is 0. The summed E-state index contributed by atoms with van der Waals surface area (Å²) in [6.45, 7) is 2.37. The van der Waals surface area contributed by atoms with E-state index >= 15 is 0 Å². The molecule has 23 heteroatoms. The summed E-state index contributed by atoms with van der Waals surface area (Å²) in [4.78, 5) is 41.9. The Kier molecular flexibility index (Phi) is 7.43. The fraction of sp³-hybridized carbons (Fsp3) is 0.500. The van der Waals surface area contributed by atoms with Crippen molar-refractivity contribution in [3.05, 3.63) is 31.3 Å². The average Bonchev–Trinajstić information content (AvgIpc) is 3.72. The maximum absolute atomic E-state index is 13.2. The molecule has 45 heavy (non-hydrogen) atoms. The number of aliphatic hydroxyl groups is 2. The van der Waals surface area contributed by atoms with Crippen molar-refractivity contribution >= 4 is 49.9 Å². The molecule has 242 valence electrons. The number of nitrogen functional groups attached to an aromatic ring is 1. The van der Waals surface area contributed by atoms with Gasteiger partial charge in [0.15, 0.2) is 29.7 Å². The van der Waals surface area contributed by atoms with E-state index in [1.54, 1.807) is 0 Å². The number of phosphoric ester groups is 2. The largest absolute Gasteiger partial charge is 0.472 e. The lowest BCUT2D eigenvalue weighted by Crippen LogP contribution is -2.36. The summed E-state index contributed by atoms with van der Waals surface area (Å²) in [5.74, 6) is 0.469. The molecular weight excluding hydrogens is 644 g/mol. The lowest BCUT2D eigenvalue weighted by atomic mass is 10.1. The van der Waals surface area contributed by atoms with Gasteiger partial charge in [0.2, 0.25) is 0 Å². The summed E-state index contributed by atoms with van der Waals surface area (Å²) in [6.07, 6.45) is -8.20. The second-order valence-electron chi connectivity index (χ2n) is 10.6. The SMILES string of the molecule is C=C1CC(N)=Nc2c1ncn2C1OC2COP(=O)(O)OC3C(O)C(COP(=O)(O)OC2C1O)OC3n1cnc2c(N)ncnc21. The predicted molar refractivity (Wildman–Crippen MR) is 148 cm³/mol. The van der Waals surface area contributed by atoms with Crippen molar-refractivity contribution in [3.8, 4) is 0 Å². The molecule has 0 amide bonds. The van der Waals surface area contributed by atoms with Crippen molar-refractivity contribution in [3.63, 3.8) is 0 Å². The Labute approximate surface area is 252 Å². The third-order valence-electron chi connectivity index (χ3n) is 7.62. The zero-order valence-electron chi connectivity index (χ0n) is 22.9. The quantitative estimate of drug-likeness (QED) is 0.183. The van der Waals surface area contributed by atoms with Crippen LogP contribution in [0.25, 0.3) is 16.7 Å². The third-order valence-corrected chi connectivity index (χ3v) is 9.59. The number of fused-ring (bicyclic) bond motifs is 5. The zero-order valence-corrected chi connectivity index (χ0v) is 24.7. The number of ether oxygens (including phenoxy) is 2. The van der Waals surface area contributed by atoms with Crippen LogP contribution >= 0.6 is 15.6 Å². The Morgan fingerprint density at radius 1 is 0.867 bits per heavy atom. The normalized spacial score (nSPS) is 39.0. The molecule has 4 aliphatic heterocycles. The molecule has 3 saturated heterocycles. The summed E-state index contributed by atoms with van der Waals surface area (Å²) >= 11 is 0. The van der Waals surface area contributed by atoms with Gasteiger partial charge in [-0.3, -0.25) is 27.2 Å².